The molecule has 0 aliphatic carbocycles. The molecule has 432 valence electrons. The van der Waals surface area contributed by atoms with Crippen LogP contribution in [0.5, 0.6) is 0 Å². The molecule has 4 aromatic carbocycles. The molecule has 0 saturated carbocycles. The van der Waals surface area contributed by atoms with Crippen molar-refractivity contribution in [3.8, 4) is 33.8 Å². The van der Waals surface area contributed by atoms with Crippen LogP contribution < -0.4 is 31.9 Å². The summed E-state index contributed by atoms with van der Waals surface area (Å²) in [6.45, 7) is 13.5. The van der Waals surface area contributed by atoms with Gasteiger partial charge >= 0.3 is 0 Å². The highest BCUT2D eigenvalue weighted by Gasteiger charge is 2.13. The molecule has 0 aliphatic rings. The van der Waals surface area contributed by atoms with Crippen molar-refractivity contribution in [1.82, 2.24) is 60.9 Å². The van der Waals surface area contributed by atoms with Crippen LogP contribution in [0.15, 0.2) is 110 Å². The lowest BCUT2D eigenvalue weighted by molar-refractivity contribution is -0.117. The molecule has 3 amide bonds. The molecule has 0 saturated heterocycles. The molecule has 0 atom stereocenters. The van der Waals surface area contributed by atoms with Crippen molar-refractivity contribution in [3.05, 3.63) is 126 Å². The lowest BCUT2D eigenvalue weighted by atomic mass is 10.0. The van der Waals surface area contributed by atoms with Gasteiger partial charge in [-0.3, -0.25) is 14.4 Å². The molecule has 7 aromatic rings. The van der Waals surface area contributed by atoms with Crippen LogP contribution in [0.2, 0.25) is 0 Å². The van der Waals surface area contributed by atoms with Gasteiger partial charge in [-0.25, -0.2) is 14.0 Å². The first-order chi connectivity index (χ1) is 39.7. The summed E-state index contributed by atoms with van der Waals surface area (Å²) in [6, 6.07) is 29.6. The number of unbranched alkanes of at least 4 members (excludes halogenated alkanes) is 9. The van der Waals surface area contributed by atoms with Gasteiger partial charge in [0.15, 0.2) is 0 Å². The summed E-state index contributed by atoms with van der Waals surface area (Å²) in [5, 5.41) is 46.5. The van der Waals surface area contributed by atoms with Gasteiger partial charge in [-0.2, -0.15) is 0 Å². The smallest absolute Gasteiger partial charge is 0.224 e. The topological polar surface area (TPSA) is 216 Å². The Bertz CT molecular complexity index is 2600. The molecular formula is C63H87N15O3. The fourth-order valence-corrected chi connectivity index (χ4v) is 9.57. The first-order valence-electron chi connectivity index (χ1n) is 29.9. The molecule has 3 heterocycles. The van der Waals surface area contributed by atoms with Crippen LogP contribution in [0.25, 0.3) is 33.8 Å². The van der Waals surface area contributed by atoms with Gasteiger partial charge in [-0.15, -0.1) is 15.3 Å². The quantitative estimate of drug-likeness (QED) is 0.0199. The van der Waals surface area contributed by atoms with Gasteiger partial charge < -0.3 is 31.9 Å². The predicted molar refractivity (Wildman–Crippen MR) is 325 cm³/mol. The third kappa shape index (κ3) is 22.2. The monoisotopic (exact) mass is 1100 g/mol. The molecule has 0 bridgehead atoms. The second kappa shape index (κ2) is 34.7. The molecule has 0 radical (unpaired) electrons. The van der Waals surface area contributed by atoms with E-state index in [1.165, 1.54) is 77.0 Å². The predicted octanol–water partition coefficient (Wildman–Crippen LogP) is 11.3. The van der Waals surface area contributed by atoms with Crippen molar-refractivity contribution in [2.75, 3.05) is 55.2 Å². The summed E-state index contributed by atoms with van der Waals surface area (Å²) in [6.07, 6.45) is 24.3. The molecule has 6 N–H and O–H groups in total. The second-order valence-corrected chi connectivity index (χ2v) is 21.2. The van der Waals surface area contributed by atoms with Crippen molar-refractivity contribution in [2.45, 2.75) is 156 Å². The maximum atomic E-state index is 12.7. The Labute approximate surface area is 479 Å². The van der Waals surface area contributed by atoms with Crippen LogP contribution in [0, 0.1) is 0 Å². The molecule has 7 rings (SSSR count). The molecular weight excluding hydrogens is 1010 g/mol. The standard InChI is InChI=1S/C63H87N15O3/c1-4-7-10-13-34-64-37-16-19-61(79)67-55-28-22-52(23-29-55)58-46-76(73-70-58)43-49-40-50(44-77-47-59(71-74-77)53-24-30-56(31-25-53)68-62(80)20-17-38-65-35-14-11-8-5-2)42-51(41-49)45-78-48-60(72-75-78)54-26-32-57(33-27-54)69-63(81)21-18-39-66-36-15-12-9-6-3/h22-33,40-42,46-48,64-66H,4-21,34-39,43-45H2,1-3H3,(H,67,79)(H,68,80)(H,69,81). The number of hydrogen-bond donors (Lipinski definition) is 6. The molecule has 0 fully saturated rings. The Morgan fingerprint density at radius 1 is 0.358 bits per heavy atom. The van der Waals surface area contributed by atoms with Crippen molar-refractivity contribution >= 4 is 34.8 Å². The Kier molecular flexibility index (Phi) is 26.2. The number of hydrogen-bond acceptors (Lipinski definition) is 12. The highest BCUT2D eigenvalue weighted by atomic mass is 16.2. The summed E-state index contributed by atoms with van der Waals surface area (Å²) >= 11 is 0. The van der Waals surface area contributed by atoms with Crippen molar-refractivity contribution in [1.29, 1.82) is 0 Å². The van der Waals surface area contributed by atoms with Gasteiger partial charge in [0.1, 0.15) is 17.1 Å². The van der Waals surface area contributed by atoms with E-state index in [9.17, 15) is 14.4 Å². The first-order valence-corrected chi connectivity index (χ1v) is 29.9. The SMILES string of the molecule is CCCCCCNCCCC(=O)Nc1ccc(-c2cn(Cc3cc(Cn4cc(-c5ccc(NC(=O)CCCNCCCCCC)cc5)nn4)cc(Cn4cc(-c5ccc(NC(=O)CCCNCCCCCC)cc5)nn4)c3)nn2)cc1. The maximum Gasteiger partial charge on any atom is 0.224 e. The van der Waals surface area contributed by atoms with E-state index in [0.717, 1.165) is 126 Å². The molecule has 18 heteroatoms. The lowest BCUT2D eigenvalue weighted by Crippen LogP contribution is -2.19. The van der Waals surface area contributed by atoms with E-state index in [4.69, 9.17) is 0 Å². The third-order valence-corrected chi connectivity index (χ3v) is 14.0. The summed E-state index contributed by atoms with van der Waals surface area (Å²) in [5.41, 5.74) is 10.1. The van der Waals surface area contributed by atoms with Crippen molar-refractivity contribution < 1.29 is 14.4 Å². The number of benzene rings is 4. The Morgan fingerprint density at radius 3 is 0.901 bits per heavy atom. The van der Waals surface area contributed by atoms with E-state index < -0.39 is 0 Å². The normalized spacial score (nSPS) is 11.3. The Hall–Kier alpha value is -7.41. The zero-order valence-corrected chi connectivity index (χ0v) is 48.2. The molecule has 0 spiro atoms. The summed E-state index contributed by atoms with van der Waals surface area (Å²) < 4.78 is 5.48. The van der Waals surface area contributed by atoms with Crippen molar-refractivity contribution in [3.63, 3.8) is 0 Å². The second-order valence-electron chi connectivity index (χ2n) is 21.2. The summed E-state index contributed by atoms with van der Waals surface area (Å²) in [7, 11) is 0. The van der Waals surface area contributed by atoms with Gasteiger partial charge in [0.05, 0.1) is 38.2 Å². The van der Waals surface area contributed by atoms with Gasteiger partial charge in [-0.05, 0) is 131 Å². The fourth-order valence-electron chi connectivity index (χ4n) is 9.57. The minimum atomic E-state index is 0.00233. The highest BCUT2D eigenvalue weighted by molar-refractivity contribution is 5.92. The third-order valence-electron chi connectivity index (χ3n) is 14.0. The van der Waals surface area contributed by atoms with Crippen LogP contribution in [0.4, 0.5) is 17.1 Å². The number of nitrogens with one attached hydrogen (secondary N) is 6. The van der Waals surface area contributed by atoms with Gasteiger partial charge in [0.2, 0.25) is 17.7 Å². The number of carbonyl (C=O) groups is 3. The molecule has 3 aromatic heterocycles. The summed E-state index contributed by atoms with van der Waals surface area (Å²) in [5.74, 6) is 0.00699. The first kappa shape index (κ1) is 61.2. The number of carbonyl (C=O) groups excluding carboxylic acids is 3. The molecule has 0 aliphatic heterocycles. The maximum absolute atomic E-state index is 12.7. The number of rotatable bonds is 39. The average Bonchev–Trinajstić information content (AvgIpc) is 4.27. The Morgan fingerprint density at radius 2 is 0.630 bits per heavy atom. The van der Waals surface area contributed by atoms with E-state index in [1.807, 2.05) is 105 Å². The molecule has 0 unspecified atom stereocenters. The number of nitrogens with zero attached hydrogens (tertiary/aromatic N) is 9. The molecule has 18 nitrogen and oxygen atoms in total. The van der Waals surface area contributed by atoms with Gasteiger partial charge in [0, 0.05) is 53.0 Å². The van der Waals surface area contributed by atoms with E-state index >= 15 is 0 Å². The highest BCUT2D eigenvalue weighted by Crippen LogP contribution is 2.24. The minimum absolute atomic E-state index is 0.00233. The van der Waals surface area contributed by atoms with Crippen LogP contribution in [-0.4, -0.2) is 102 Å². The van der Waals surface area contributed by atoms with E-state index in [1.54, 1.807) is 0 Å². The van der Waals surface area contributed by atoms with E-state index in [2.05, 4.69) is 102 Å². The van der Waals surface area contributed by atoms with Crippen molar-refractivity contribution in [2.24, 2.45) is 0 Å². The average molecular weight is 1100 g/mol. The zero-order chi connectivity index (χ0) is 56.7. The fraction of sp³-hybridized carbons (Fsp3) is 0.476. The van der Waals surface area contributed by atoms with Gasteiger partial charge in [-0.1, -0.05) is 149 Å². The number of anilines is 3. The number of aromatic nitrogens is 9. The lowest BCUT2D eigenvalue weighted by Gasteiger charge is -2.10. The van der Waals surface area contributed by atoms with E-state index in [0.29, 0.717) is 38.9 Å². The zero-order valence-electron chi connectivity index (χ0n) is 48.2. The van der Waals surface area contributed by atoms with E-state index in [-0.39, 0.29) is 17.7 Å². The minimum Gasteiger partial charge on any atom is -0.326 e. The van der Waals surface area contributed by atoms with Crippen LogP contribution in [0.3, 0.4) is 0 Å². The van der Waals surface area contributed by atoms with Crippen LogP contribution in [0.1, 0.15) is 153 Å². The molecule has 81 heavy (non-hydrogen) atoms. The van der Waals surface area contributed by atoms with Crippen LogP contribution in [-0.2, 0) is 34.0 Å². The van der Waals surface area contributed by atoms with Crippen LogP contribution >= 0.6 is 0 Å². The number of amides is 3. The largest absolute Gasteiger partial charge is 0.326 e. The van der Waals surface area contributed by atoms with Gasteiger partial charge in [0.25, 0.3) is 0 Å². The summed E-state index contributed by atoms with van der Waals surface area (Å²) in [4.78, 5) is 38.0. The Balaban J connectivity index is 0.971.